The predicted octanol–water partition coefficient (Wildman–Crippen LogP) is 5.99. The van der Waals surface area contributed by atoms with E-state index in [1.165, 1.54) is 32.1 Å². The van der Waals surface area contributed by atoms with Crippen LogP contribution in [0.15, 0.2) is 30.3 Å². The normalized spacial score (nSPS) is 22.1. The number of benzene rings is 1. The number of halogens is 1. The van der Waals surface area contributed by atoms with Crippen molar-refractivity contribution in [1.29, 1.82) is 0 Å². The SMILES string of the molecule is COCCCCC(F)(c1ccccc1)[C@@H]1CCCN(C(=O)N[C@@H](CC2CCCCC2)CN(C)C)C1. The third-order valence-electron chi connectivity index (χ3n) is 8.00. The van der Waals surface area contributed by atoms with E-state index in [9.17, 15) is 4.79 Å². The maximum atomic E-state index is 16.8. The number of carbonyl (C=O) groups excluding carboxylic acids is 1. The summed E-state index contributed by atoms with van der Waals surface area (Å²) in [5, 5.41) is 3.34. The molecule has 2 aliphatic rings. The number of alkyl halides is 1. The zero-order valence-electron chi connectivity index (χ0n) is 22.3. The molecule has 1 saturated heterocycles. The fourth-order valence-electron chi connectivity index (χ4n) is 6.17. The Hall–Kier alpha value is -1.66. The molecular weight excluding hydrogens is 441 g/mol. The summed E-state index contributed by atoms with van der Waals surface area (Å²) in [6.07, 6.45) is 11.3. The summed E-state index contributed by atoms with van der Waals surface area (Å²) in [5.41, 5.74) is -0.688. The van der Waals surface area contributed by atoms with E-state index >= 15 is 4.39 Å². The van der Waals surface area contributed by atoms with E-state index in [4.69, 9.17) is 4.74 Å². The summed E-state index contributed by atoms with van der Waals surface area (Å²) in [6, 6.07) is 9.71. The molecule has 1 aromatic carbocycles. The number of likely N-dealkylation sites (tertiary alicyclic amines) is 1. The van der Waals surface area contributed by atoms with Gasteiger partial charge in [-0.25, -0.2) is 9.18 Å². The van der Waals surface area contributed by atoms with Crippen molar-refractivity contribution in [3.8, 4) is 0 Å². The first kappa shape index (κ1) is 27.9. The highest BCUT2D eigenvalue weighted by molar-refractivity contribution is 5.74. The van der Waals surface area contributed by atoms with Gasteiger partial charge in [-0.3, -0.25) is 0 Å². The lowest BCUT2D eigenvalue weighted by Crippen LogP contribution is -2.53. The fourth-order valence-corrected chi connectivity index (χ4v) is 6.17. The van der Waals surface area contributed by atoms with E-state index in [1.54, 1.807) is 7.11 Å². The average molecular weight is 490 g/mol. The Balaban J connectivity index is 1.66. The lowest BCUT2D eigenvalue weighted by molar-refractivity contribution is 0.0207. The highest BCUT2D eigenvalue weighted by atomic mass is 19.1. The van der Waals surface area contributed by atoms with Gasteiger partial charge >= 0.3 is 6.03 Å². The molecule has 1 saturated carbocycles. The number of urea groups is 1. The van der Waals surface area contributed by atoms with Gasteiger partial charge in [0.1, 0.15) is 5.67 Å². The van der Waals surface area contributed by atoms with Crippen LogP contribution in [0.3, 0.4) is 0 Å². The highest BCUT2D eigenvalue weighted by Gasteiger charge is 2.43. The summed E-state index contributed by atoms with van der Waals surface area (Å²) < 4.78 is 22.0. The molecule has 1 aliphatic carbocycles. The number of hydrogen-bond acceptors (Lipinski definition) is 3. The molecule has 1 N–H and O–H groups in total. The number of unbranched alkanes of at least 4 members (excludes halogenated alkanes) is 1. The molecule has 2 fully saturated rings. The Morgan fingerprint density at radius 1 is 1.14 bits per heavy atom. The van der Waals surface area contributed by atoms with E-state index in [0.717, 1.165) is 44.2 Å². The van der Waals surface area contributed by atoms with Crippen molar-refractivity contribution in [3.63, 3.8) is 0 Å². The molecule has 0 spiro atoms. The third-order valence-corrected chi connectivity index (χ3v) is 8.00. The van der Waals surface area contributed by atoms with Gasteiger partial charge in [0.25, 0.3) is 0 Å². The van der Waals surface area contributed by atoms with Gasteiger partial charge in [-0.15, -0.1) is 0 Å². The average Bonchev–Trinajstić information content (AvgIpc) is 2.87. The molecule has 0 aromatic heterocycles. The first-order valence-electron chi connectivity index (χ1n) is 13.9. The zero-order valence-corrected chi connectivity index (χ0v) is 22.3. The van der Waals surface area contributed by atoms with Crippen LogP contribution in [0.1, 0.15) is 76.2 Å². The second kappa shape index (κ2) is 14.2. The minimum Gasteiger partial charge on any atom is -0.385 e. The number of amides is 2. The second-order valence-corrected chi connectivity index (χ2v) is 11.1. The quantitative estimate of drug-likeness (QED) is 0.367. The molecule has 0 radical (unpaired) electrons. The maximum absolute atomic E-state index is 16.8. The van der Waals surface area contributed by atoms with Crippen molar-refractivity contribution in [3.05, 3.63) is 35.9 Å². The first-order chi connectivity index (χ1) is 16.9. The van der Waals surface area contributed by atoms with Gasteiger partial charge in [-0.1, -0.05) is 62.4 Å². The molecule has 3 atom stereocenters. The number of hydrogen-bond donors (Lipinski definition) is 1. The molecule has 3 rings (SSSR count). The Morgan fingerprint density at radius 2 is 1.89 bits per heavy atom. The Labute approximate surface area is 212 Å². The smallest absolute Gasteiger partial charge is 0.317 e. The summed E-state index contributed by atoms with van der Waals surface area (Å²) in [6.45, 7) is 2.67. The molecule has 1 aliphatic heterocycles. The van der Waals surface area contributed by atoms with Gasteiger partial charge in [-0.05, 0) is 64.1 Å². The Kier molecular flexibility index (Phi) is 11.3. The highest BCUT2D eigenvalue weighted by Crippen LogP contribution is 2.43. The zero-order chi connectivity index (χ0) is 25.1. The van der Waals surface area contributed by atoms with Gasteiger partial charge in [0.05, 0.1) is 0 Å². The van der Waals surface area contributed by atoms with Crippen LogP contribution in [-0.2, 0) is 10.4 Å². The van der Waals surface area contributed by atoms with Crippen molar-refractivity contribution in [2.75, 3.05) is 47.4 Å². The van der Waals surface area contributed by atoms with Crippen molar-refractivity contribution in [1.82, 2.24) is 15.1 Å². The number of methoxy groups -OCH3 is 1. The molecule has 1 aromatic rings. The predicted molar refractivity (Wildman–Crippen MR) is 141 cm³/mol. The molecule has 6 heteroatoms. The van der Waals surface area contributed by atoms with E-state index in [1.807, 2.05) is 35.2 Å². The number of carbonyl (C=O) groups is 1. The topological polar surface area (TPSA) is 44.8 Å². The first-order valence-corrected chi connectivity index (χ1v) is 13.9. The Bertz CT molecular complexity index is 741. The van der Waals surface area contributed by atoms with Crippen LogP contribution in [0.4, 0.5) is 9.18 Å². The fraction of sp³-hybridized carbons (Fsp3) is 0.759. The van der Waals surface area contributed by atoms with Gasteiger partial charge in [-0.2, -0.15) is 0 Å². The monoisotopic (exact) mass is 489 g/mol. The van der Waals surface area contributed by atoms with Gasteiger partial charge in [0, 0.05) is 45.3 Å². The minimum atomic E-state index is -1.43. The largest absolute Gasteiger partial charge is 0.385 e. The number of piperidine rings is 1. The molecule has 0 bridgehead atoms. The van der Waals surface area contributed by atoms with Crippen molar-refractivity contribution >= 4 is 6.03 Å². The van der Waals surface area contributed by atoms with Crippen molar-refractivity contribution in [2.24, 2.45) is 11.8 Å². The van der Waals surface area contributed by atoms with Crippen LogP contribution in [-0.4, -0.2) is 69.3 Å². The Morgan fingerprint density at radius 3 is 2.57 bits per heavy atom. The second-order valence-electron chi connectivity index (χ2n) is 11.1. The summed E-state index contributed by atoms with van der Waals surface area (Å²) in [4.78, 5) is 17.4. The lowest BCUT2D eigenvalue weighted by atomic mass is 9.75. The molecular formula is C29H48FN3O2. The summed E-state index contributed by atoms with van der Waals surface area (Å²) in [5.74, 6) is 0.504. The number of ether oxygens (including phenoxy) is 1. The van der Waals surface area contributed by atoms with E-state index in [-0.39, 0.29) is 18.0 Å². The summed E-state index contributed by atoms with van der Waals surface area (Å²) >= 11 is 0. The molecule has 198 valence electrons. The van der Waals surface area contributed by atoms with Gasteiger partial charge < -0.3 is 19.9 Å². The maximum Gasteiger partial charge on any atom is 0.317 e. The van der Waals surface area contributed by atoms with Gasteiger partial charge in [0.2, 0.25) is 0 Å². The van der Waals surface area contributed by atoms with E-state index < -0.39 is 5.67 Å². The van der Waals surface area contributed by atoms with Gasteiger partial charge in [0.15, 0.2) is 0 Å². The third kappa shape index (κ3) is 8.45. The van der Waals surface area contributed by atoms with Crippen LogP contribution in [0.5, 0.6) is 0 Å². The number of likely N-dealkylation sites (N-methyl/N-ethyl adjacent to an activating group) is 1. The molecule has 35 heavy (non-hydrogen) atoms. The van der Waals surface area contributed by atoms with Crippen molar-refractivity contribution in [2.45, 2.75) is 82.3 Å². The standard InChI is InChI=1S/C29H48FN3O2/c1-32(2)23-27(21-24-13-6-4-7-14-24)31-28(34)33-19-12-17-26(22-33)29(30,18-10-11-20-35-3)25-15-8-5-9-16-25/h5,8-9,15-16,24,26-27H,4,6-7,10-14,17-23H2,1-3H3,(H,31,34)/t26-,27+,29?/m1/s1. The minimum absolute atomic E-state index is 0.0212. The molecule has 5 nitrogen and oxygen atoms in total. The van der Waals surface area contributed by atoms with Crippen LogP contribution >= 0.6 is 0 Å². The van der Waals surface area contributed by atoms with Crippen LogP contribution in [0, 0.1) is 11.8 Å². The summed E-state index contributed by atoms with van der Waals surface area (Å²) in [7, 11) is 5.82. The molecule has 1 heterocycles. The van der Waals surface area contributed by atoms with Crippen molar-refractivity contribution < 1.29 is 13.9 Å². The number of rotatable bonds is 12. The molecule has 1 unspecified atom stereocenters. The van der Waals surface area contributed by atoms with E-state index in [2.05, 4.69) is 24.3 Å². The van der Waals surface area contributed by atoms with Crippen LogP contribution < -0.4 is 5.32 Å². The molecule has 2 amide bonds. The van der Waals surface area contributed by atoms with E-state index in [0.29, 0.717) is 32.0 Å². The lowest BCUT2D eigenvalue weighted by Gasteiger charge is -2.41. The van der Waals surface area contributed by atoms with Crippen LogP contribution in [0.2, 0.25) is 0 Å². The van der Waals surface area contributed by atoms with Crippen LogP contribution in [0.25, 0.3) is 0 Å². The number of nitrogens with zero attached hydrogens (tertiary/aromatic N) is 2. The number of nitrogens with one attached hydrogen (secondary N) is 1.